The van der Waals surface area contributed by atoms with E-state index in [2.05, 4.69) is 15.2 Å². The Bertz CT molecular complexity index is 996. The highest BCUT2D eigenvalue weighted by molar-refractivity contribution is 7.89. The molecule has 1 N–H and O–H groups in total. The third-order valence-corrected chi connectivity index (χ3v) is 7.87. The van der Waals surface area contributed by atoms with Gasteiger partial charge < -0.3 is 10.2 Å². The number of anilines is 2. The number of aromatic nitrogens is 1. The van der Waals surface area contributed by atoms with E-state index >= 15 is 0 Å². The molecule has 8 heteroatoms. The van der Waals surface area contributed by atoms with E-state index in [4.69, 9.17) is 0 Å². The van der Waals surface area contributed by atoms with E-state index in [0.717, 1.165) is 62.3 Å². The number of amides is 1. The first-order valence-corrected chi connectivity index (χ1v) is 12.6. The molecule has 2 aromatic rings. The number of pyridine rings is 1. The van der Waals surface area contributed by atoms with Gasteiger partial charge in [0.05, 0.1) is 17.0 Å². The van der Waals surface area contributed by atoms with Gasteiger partial charge >= 0.3 is 0 Å². The van der Waals surface area contributed by atoms with Gasteiger partial charge in [0.1, 0.15) is 0 Å². The first-order chi connectivity index (χ1) is 15.0. The summed E-state index contributed by atoms with van der Waals surface area (Å²) < 4.78 is 27.1. The number of hydrogen-bond donors (Lipinski definition) is 1. The Morgan fingerprint density at radius 1 is 0.903 bits per heavy atom. The first kappa shape index (κ1) is 21.8. The zero-order valence-electron chi connectivity index (χ0n) is 17.8. The van der Waals surface area contributed by atoms with Crippen LogP contribution in [0.3, 0.4) is 0 Å². The van der Waals surface area contributed by atoms with Gasteiger partial charge in [-0.2, -0.15) is 4.31 Å². The van der Waals surface area contributed by atoms with Gasteiger partial charge in [0.15, 0.2) is 5.82 Å². The second kappa shape index (κ2) is 9.78. The number of rotatable bonds is 6. The second-order valence-corrected chi connectivity index (χ2v) is 10.2. The van der Waals surface area contributed by atoms with Gasteiger partial charge in [-0.15, -0.1) is 0 Å². The molecule has 0 saturated carbocycles. The molecule has 0 aliphatic carbocycles. The van der Waals surface area contributed by atoms with Crippen molar-refractivity contribution in [3.05, 3.63) is 48.2 Å². The van der Waals surface area contributed by atoms with Crippen molar-refractivity contribution in [2.24, 2.45) is 0 Å². The van der Waals surface area contributed by atoms with Crippen molar-refractivity contribution in [3.8, 4) is 0 Å². The molecule has 1 aromatic heterocycles. The summed E-state index contributed by atoms with van der Waals surface area (Å²) in [6.07, 6.45) is 8.33. The van der Waals surface area contributed by atoms with Crippen LogP contribution in [0.15, 0.2) is 47.5 Å². The van der Waals surface area contributed by atoms with Crippen LogP contribution in [0.4, 0.5) is 11.5 Å². The highest BCUT2D eigenvalue weighted by Gasteiger charge is 2.25. The summed E-state index contributed by atoms with van der Waals surface area (Å²) in [5, 5.41) is 2.98. The van der Waals surface area contributed by atoms with Gasteiger partial charge in [-0.05, 0) is 61.9 Å². The lowest BCUT2D eigenvalue weighted by atomic mass is 10.1. The van der Waals surface area contributed by atoms with Crippen LogP contribution in [0, 0.1) is 0 Å². The topological polar surface area (TPSA) is 82.6 Å². The molecule has 0 bridgehead atoms. The van der Waals surface area contributed by atoms with Crippen LogP contribution in [0.5, 0.6) is 0 Å². The second-order valence-electron chi connectivity index (χ2n) is 8.26. The lowest BCUT2D eigenvalue weighted by Gasteiger charge is -2.29. The van der Waals surface area contributed by atoms with Gasteiger partial charge in [0, 0.05) is 32.4 Å². The number of nitrogens with zero attached hydrogens (tertiary/aromatic N) is 3. The number of nitrogens with one attached hydrogen (secondary N) is 1. The zero-order valence-corrected chi connectivity index (χ0v) is 18.6. The molecule has 0 radical (unpaired) electrons. The average Bonchev–Trinajstić information content (AvgIpc) is 2.81. The van der Waals surface area contributed by atoms with E-state index in [1.54, 1.807) is 34.8 Å². The molecule has 3 heterocycles. The van der Waals surface area contributed by atoms with Crippen LogP contribution < -0.4 is 10.2 Å². The fourth-order valence-corrected chi connectivity index (χ4v) is 5.78. The van der Waals surface area contributed by atoms with E-state index in [1.807, 2.05) is 12.1 Å². The molecule has 2 fully saturated rings. The van der Waals surface area contributed by atoms with Crippen LogP contribution >= 0.6 is 0 Å². The van der Waals surface area contributed by atoms with Crippen molar-refractivity contribution < 1.29 is 13.2 Å². The third-order valence-electron chi connectivity index (χ3n) is 5.96. The molecule has 4 rings (SSSR count). The van der Waals surface area contributed by atoms with Crippen molar-refractivity contribution in [3.63, 3.8) is 0 Å². The van der Waals surface area contributed by atoms with Gasteiger partial charge in [0.25, 0.3) is 0 Å². The molecule has 0 spiro atoms. The molecular weight excluding hydrogens is 412 g/mol. The van der Waals surface area contributed by atoms with Gasteiger partial charge in [-0.1, -0.05) is 18.6 Å². The van der Waals surface area contributed by atoms with Crippen molar-refractivity contribution in [1.29, 1.82) is 0 Å². The zero-order chi connectivity index (χ0) is 21.7. The van der Waals surface area contributed by atoms with Crippen LogP contribution in [0.2, 0.25) is 0 Å². The molecule has 2 saturated heterocycles. The van der Waals surface area contributed by atoms with Gasteiger partial charge in [-0.3, -0.25) is 4.79 Å². The predicted octanol–water partition coefficient (Wildman–Crippen LogP) is 3.43. The molecule has 31 heavy (non-hydrogen) atoms. The van der Waals surface area contributed by atoms with E-state index in [1.165, 1.54) is 6.42 Å². The number of piperidine rings is 2. The molecule has 166 valence electrons. The van der Waals surface area contributed by atoms with Crippen molar-refractivity contribution in [1.82, 2.24) is 9.29 Å². The largest absolute Gasteiger partial charge is 0.355 e. The van der Waals surface area contributed by atoms with Crippen LogP contribution in [0.1, 0.15) is 44.1 Å². The number of carbonyl (C=O) groups is 1. The molecule has 2 aliphatic heterocycles. The summed E-state index contributed by atoms with van der Waals surface area (Å²) in [7, 11) is -3.45. The predicted molar refractivity (Wildman–Crippen MR) is 122 cm³/mol. The summed E-state index contributed by atoms with van der Waals surface area (Å²) in [5.41, 5.74) is 1.50. The molecule has 0 atom stereocenters. The van der Waals surface area contributed by atoms with Gasteiger partial charge in [-0.25, -0.2) is 13.4 Å². The van der Waals surface area contributed by atoms with Crippen molar-refractivity contribution in [2.45, 2.75) is 49.8 Å². The SMILES string of the molecule is O=C(Cc1ccc(S(=O)(=O)N2CCCCC2)cc1)Nc1cccnc1N1CCCCC1. The Hall–Kier alpha value is -2.45. The normalized spacial score (nSPS) is 18.0. The van der Waals surface area contributed by atoms with Crippen LogP contribution in [0.25, 0.3) is 0 Å². The monoisotopic (exact) mass is 442 g/mol. The maximum absolute atomic E-state index is 12.8. The fourth-order valence-electron chi connectivity index (χ4n) is 4.27. The Morgan fingerprint density at radius 3 is 2.23 bits per heavy atom. The van der Waals surface area contributed by atoms with E-state index < -0.39 is 10.0 Å². The quantitative estimate of drug-likeness (QED) is 0.741. The minimum absolute atomic E-state index is 0.141. The summed E-state index contributed by atoms with van der Waals surface area (Å²) in [4.78, 5) is 19.7. The maximum Gasteiger partial charge on any atom is 0.243 e. The molecular formula is C23H30N4O3S. The Labute approximate surface area is 184 Å². The lowest BCUT2D eigenvalue weighted by Crippen LogP contribution is -2.35. The van der Waals surface area contributed by atoms with Crippen LogP contribution in [-0.4, -0.2) is 49.8 Å². The molecule has 0 unspecified atom stereocenters. The molecule has 1 aromatic carbocycles. The summed E-state index contributed by atoms with van der Waals surface area (Å²) in [6, 6.07) is 10.4. The third kappa shape index (κ3) is 5.25. The summed E-state index contributed by atoms with van der Waals surface area (Å²) >= 11 is 0. The lowest BCUT2D eigenvalue weighted by molar-refractivity contribution is -0.115. The molecule has 1 amide bonds. The van der Waals surface area contributed by atoms with Gasteiger partial charge in [0.2, 0.25) is 15.9 Å². The number of benzene rings is 1. The molecule has 2 aliphatic rings. The smallest absolute Gasteiger partial charge is 0.243 e. The Morgan fingerprint density at radius 2 is 1.55 bits per heavy atom. The van der Waals surface area contributed by atoms with E-state index in [9.17, 15) is 13.2 Å². The van der Waals surface area contributed by atoms with E-state index in [-0.39, 0.29) is 12.3 Å². The minimum atomic E-state index is -3.45. The van der Waals surface area contributed by atoms with Crippen molar-refractivity contribution in [2.75, 3.05) is 36.4 Å². The minimum Gasteiger partial charge on any atom is -0.355 e. The van der Waals surface area contributed by atoms with Crippen LogP contribution in [-0.2, 0) is 21.2 Å². The number of carbonyl (C=O) groups excluding carboxylic acids is 1. The Balaban J connectivity index is 1.40. The molecule has 7 nitrogen and oxygen atoms in total. The highest BCUT2D eigenvalue weighted by atomic mass is 32.2. The average molecular weight is 443 g/mol. The first-order valence-electron chi connectivity index (χ1n) is 11.1. The highest BCUT2D eigenvalue weighted by Crippen LogP contribution is 2.26. The maximum atomic E-state index is 12.8. The standard InChI is InChI=1S/C23H30N4O3S/c28-22(25-21-8-7-13-24-23(21)26-14-3-1-4-15-26)18-19-9-11-20(12-10-19)31(29,30)27-16-5-2-6-17-27/h7-13H,1-6,14-18H2,(H,25,28). The Kier molecular flexibility index (Phi) is 6.87. The summed E-state index contributed by atoms with van der Waals surface area (Å²) in [6.45, 7) is 3.06. The number of hydrogen-bond acceptors (Lipinski definition) is 5. The summed E-state index contributed by atoms with van der Waals surface area (Å²) in [5.74, 6) is 0.677. The number of sulfonamides is 1. The van der Waals surface area contributed by atoms with Crippen molar-refractivity contribution >= 4 is 27.4 Å². The fraction of sp³-hybridized carbons (Fsp3) is 0.478. The van der Waals surface area contributed by atoms with E-state index in [0.29, 0.717) is 18.0 Å².